The van der Waals surface area contributed by atoms with Crippen LogP contribution in [0.2, 0.25) is 0 Å². The second kappa shape index (κ2) is 5.11. The van der Waals surface area contributed by atoms with Crippen molar-refractivity contribution in [1.82, 2.24) is 0 Å². The number of carbonyl (C=O) groups excluding carboxylic acids is 2. The van der Waals surface area contributed by atoms with Gasteiger partial charge in [0.05, 0.1) is 5.97 Å². The summed E-state index contributed by atoms with van der Waals surface area (Å²) in [6.07, 6.45) is 0.767. The standard InChI is InChI=1S/C12H13NO3/c1-8-3-5-10(6-4-8)13-12(16)9(2)7-11(14)15/h3-7H,1-2H3,(H,13,16)(H,14,15)/p-1/b9-7-. The fourth-order valence-corrected chi connectivity index (χ4v) is 1.11. The summed E-state index contributed by atoms with van der Waals surface area (Å²) in [4.78, 5) is 21.7. The lowest BCUT2D eigenvalue weighted by Gasteiger charge is -2.05. The van der Waals surface area contributed by atoms with E-state index in [4.69, 9.17) is 0 Å². The van der Waals surface area contributed by atoms with E-state index < -0.39 is 11.9 Å². The van der Waals surface area contributed by atoms with E-state index in [1.54, 1.807) is 12.1 Å². The summed E-state index contributed by atoms with van der Waals surface area (Å²) in [5.74, 6) is -1.83. The van der Waals surface area contributed by atoms with Gasteiger partial charge in [-0.05, 0) is 32.1 Å². The molecule has 84 valence electrons. The van der Waals surface area contributed by atoms with Gasteiger partial charge in [-0.1, -0.05) is 17.7 Å². The summed E-state index contributed by atoms with van der Waals surface area (Å²) >= 11 is 0. The Balaban J connectivity index is 2.71. The Hall–Kier alpha value is -2.10. The number of aliphatic carboxylic acids is 1. The molecule has 4 heteroatoms. The average molecular weight is 218 g/mol. The van der Waals surface area contributed by atoms with Crippen LogP contribution >= 0.6 is 0 Å². The van der Waals surface area contributed by atoms with Crippen LogP contribution in [0, 0.1) is 6.92 Å². The fraction of sp³-hybridized carbons (Fsp3) is 0.167. The van der Waals surface area contributed by atoms with Gasteiger partial charge in [0, 0.05) is 11.3 Å². The fourth-order valence-electron chi connectivity index (χ4n) is 1.11. The second-order valence-corrected chi connectivity index (χ2v) is 3.47. The summed E-state index contributed by atoms with van der Waals surface area (Å²) in [6, 6.07) is 7.21. The van der Waals surface area contributed by atoms with Crippen LogP contribution in [-0.2, 0) is 9.59 Å². The third-order valence-corrected chi connectivity index (χ3v) is 2.00. The number of anilines is 1. The lowest BCUT2D eigenvalue weighted by atomic mass is 10.2. The quantitative estimate of drug-likeness (QED) is 0.756. The highest BCUT2D eigenvalue weighted by Gasteiger charge is 2.03. The number of nitrogens with one attached hydrogen (secondary N) is 1. The van der Waals surface area contributed by atoms with Crippen molar-refractivity contribution in [1.29, 1.82) is 0 Å². The first-order chi connectivity index (χ1) is 7.49. The maximum Gasteiger partial charge on any atom is 0.251 e. The van der Waals surface area contributed by atoms with Gasteiger partial charge in [-0.15, -0.1) is 0 Å². The van der Waals surface area contributed by atoms with E-state index in [-0.39, 0.29) is 5.57 Å². The van der Waals surface area contributed by atoms with Crippen LogP contribution in [0.15, 0.2) is 35.9 Å². The SMILES string of the molecule is C/C(=C/C(=O)[O-])C(=O)Nc1ccc(C)cc1. The predicted octanol–water partition coefficient (Wildman–Crippen LogP) is 0.630. The number of carbonyl (C=O) groups is 2. The number of carboxylic acid groups (broad SMARTS) is 1. The first-order valence-electron chi connectivity index (χ1n) is 4.76. The smallest absolute Gasteiger partial charge is 0.251 e. The molecule has 0 aromatic heterocycles. The van der Waals surface area contributed by atoms with E-state index >= 15 is 0 Å². The van der Waals surface area contributed by atoms with E-state index in [1.165, 1.54) is 6.92 Å². The highest BCUT2D eigenvalue weighted by molar-refractivity contribution is 6.06. The van der Waals surface area contributed by atoms with E-state index in [9.17, 15) is 14.7 Å². The number of carboxylic acids is 1. The summed E-state index contributed by atoms with van der Waals surface area (Å²) in [7, 11) is 0. The van der Waals surface area contributed by atoms with Gasteiger partial charge in [-0.2, -0.15) is 0 Å². The monoisotopic (exact) mass is 218 g/mol. The highest BCUT2D eigenvalue weighted by atomic mass is 16.4. The molecule has 0 spiro atoms. The molecule has 1 rings (SSSR count). The Morgan fingerprint density at radius 2 is 1.81 bits per heavy atom. The van der Waals surface area contributed by atoms with Gasteiger partial charge in [0.2, 0.25) is 0 Å². The zero-order valence-electron chi connectivity index (χ0n) is 9.11. The molecule has 1 aromatic carbocycles. The van der Waals surface area contributed by atoms with Crippen molar-refractivity contribution in [3.8, 4) is 0 Å². The number of hydrogen-bond donors (Lipinski definition) is 1. The highest BCUT2D eigenvalue weighted by Crippen LogP contribution is 2.09. The van der Waals surface area contributed by atoms with Crippen molar-refractivity contribution >= 4 is 17.6 Å². The van der Waals surface area contributed by atoms with Crippen LogP contribution in [0.25, 0.3) is 0 Å². The number of amides is 1. The van der Waals surface area contributed by atoms with E-state index in [2.05, 4.69) is 5.32 Å². The number of aryl methyl sites for hydroxylation is 1. The number of rotatable bonds is 3. The first kappa shape index (κ1) is 12.0. The van der Waals surface area contributed by atoms with Gasteiger partial charge < -0.3 is 15.2 Å². The van der Waals surface area contributed by atoms with Crippen LogP contribution in [0.4, 0.5) is 5.69 Å². The molecule has 0 unspecified atom stereocenters. The first-order valence-corrected chi connectivity index (χ1v) is 4.76. The maximum atomic E-state index is 11.5. The molecule has 0 saturated carbocycles. The molecule has 0 saturated heterocycles. The number of hydrogen-bond acceptors (Lipinski definition) is 3. The van der Waals surface area contributed by atoms with Crippen LogP contribution in [-0.4, -0.2) is 11.9 Å². The summed E-state index contributed by atoms with van der Waals surface area (Å²) in [5, 5.41) is 12.8. The van der Waals surface area contributed by atoms with Crippen molar-refractivity contribution in [2.45, 2.75) is 13.8 Å². The van der Waals surface area contributed by atoms with E-state index in [1.807, 2.05) is 19.1 Å². The lowest BCUT2D eigenvalue weighted by molar-refractivity contribution is -0.297. The van der Waals surface area contributed by atoms with Crippen LogP contribution < -0.4 is 10.4 Å². The molecule has 0 aliphatic heterocycles. The van der Waals surface area contributed by atoms with Crippen LogP contribution in [0.3, 0.4) is 0 Å². The molecule has 0 aliphatic carbocycles. The minimum Gasteiger partial charge on any atom is -0.545 e. The molecule has 0 radical (unpaired) electrons. The molecule has 1 N–H and O–H groups in total. The van der Waals surface area contributed by atoms with Gasteiger partial charge in [0.1, 0.15) is 0 Å². The minimum absolute atomic E-state index is 0.0978. The third kappa shape index (κ3) is 3.57. The molecule has 0 atom stereocenters. The molecular weight excluding hydrogens is 206 g/mol. The largest absolute Gasteiger partial charge is 0.545 e. The number of benzene rings is 1. The third-order valence-electron chi connectivity index (χ3n) is 2.00. The molecule has 0 aliphatic rings. The molecule has 0 bridgehead atoms. The predicted molar refractivity (Wildman–Crippen MR) is 58.6 cm³/mol. The normalized spacial score (nSPS) is 11.0. The summed E-state index contributed by atoms with van der Waals surface area (Å²) < 4.78 is 0. The Bertz CT molecular complexity index is 432. The Morgan fingerprint density at radius 3 is 2.31 bits per heavy atom. The van der Waals surface area contributed by atoms with Crippen molar-refractivity contribution in [3.63, 3.8) is 0 Å². The molecule has 1 amide bonds. The Labute approximate surface area is 93.6 Å². The van der Waals surface area contributed by atoms with Crippen molar-refractivity contribution in [2.75, 3.05) is 5.32 Å². The van der Waals surface area contributed by atoms with Gasteiger partial charge >= 0.3 is 0 Å². The topological polar surface area (TPSA) is 69.2 Å². The summed E-state index contributed by atoms with van der Waals surface area (Å²) in [5.41, 5.74) is 1.81. The van der Waals surface area contributed by atoms with E-state index in [0.717, 1.165) is 11.6 Å². The Morgan fingerprint density at radius 1 is 1.25 bits per heavy atom. The second-order valence-electron chi connectivity index (χ2n) is 3.47. The molecule has 4 nitrogen and oxygen atoms in total. The van der Waals surface area contributed by atoms with Gasteiger partial charge in [0.15, 0.2) is 0 Å². The van der Waals surface area contributed by atoms with Crippen molar-refractivity contribution < 1.29 is 14.7 Å². The minimum atomic E-state index is -1.38. The molecule has 0 fully saturated rings. The average Bonchev–Trinajstić information content (AvgIpc) is 2.20. The zero-order chi connectivity index (χ0) is 12.1. The van der Waals surface area contributed by atoms with E-state index in [0.29, 0.717) is 5.69 Å². The molecule has 16 heavy (non-hydrogen) atoms. The van der Waals surface area contributed by atoms with Gasteiger partial charge in [0.25, 0.3) is 5.91 Å². The molecule has 1 aromatic rings. The Kier molecular flexibility index (Phi) is 3.83. The maximum absolute atomic E-state index is 11.5. The molecule has 0 heterocycles. The summed E-state index contributed by atoms with van der Waals surface area (Å²) in [6.45, 7) is 3.35. The van der Waals surface area contributed by atoms with Crippen molar-refractivity contribution in [3.05, 3.63) is 41.5 Å². The van der Waals surface area contributed by atoms with Gasteiger partial charge in [-0.3, -0.25) is 4.79 Å². The van der Waals surface area contributed by atoms with Crippen LogP contribution in [0.1, 0.15) is 12.5 Å². The lowest BCUT2D eigenvalue weighted by Crippen LogP contribution is -2.22. The zero-order valence-corrected chi connectivity index (χ0v) is 9.11. The van der Waals surface area contributed by atoms with Crippen molar-refractivity contribution in [2.24, 2.45) is 0 Å². The van der Waals surface area contributed by atoms with Crippen LogP contribution in [0.5, 0.6) is 0 Å². The molecular formula is C12H12NO3-. The van der Waals surface area contributed by atoms with Gasteiger partial charge in [-0.25, -0.2) is 0 Å².